The van der Waals surface area contributed by atoms with Crippen LogP contribution in [-0.2, 0) is 10.0 Å². The average molecular weight is 378 g/mol. The molecule has 21 heavy (non-hydrogen) atoms. The average Bonchev–Trinajstić information content (AvgIpc) is 2.48. The van der Waals surface area contributed by atoms with Crippen molar-refractivity contribution >= 4 is 26.0 Å². The predicted octanol–water partition coefficient (Wildman–Crippen LogP) is 4.08. The van der Waals surface area contributed by atoms with E-state index in [2.05, 4.69) is 27.6 Å². The van der Waals surface area contributed by atoms with E-state index in [-0.39, 0.29) is 9.37 Å². The molecule has 118 valence electrons. The van der Waals surface area contributed by atoms with E-state index < -0.39 is 15.8 Å². The highest BCUT2D eigenvalue weighted by molar-refractivity contribution is 9.10. The zero-order valence-electron chi connectivity index (χ0n) is 12.1. The number of benzene rings is 1. The van der Waals surface area contributed by atoms with E-state index in [1.165, 1.54) is 31.4 Å². The molecule has 0 unspecified atom stereocenters. The molecule has 0 atom stereocenters. The minimum atomic E-state index is -3.63. The number of nitrogens with one attached hydrogen (secondary N) is 1. The molecule has 0 bridgehead atoms. The summed E-state index contributed by atoms with van der Waals surface area (Å²) in [5, 5.41) is 0. The van der Waals surface area contributed by atoms with E-state index in [0.29, 0.717) is 12.5 Å². The molecule has 1 N–H and O–H groups in total. The van der Waals surface area contributed by atoms with Crippen LogP contribution in [0.1, 0.15) is 39.0 Å². The molecule has 1 fully saturated rings. The Labute approximate surface area is 134 Å². The Morgan fingerprint density at radius 2 is 1.86 bits per heavy atom. The van der Waals surface area contributed by atoms with Crippen molar-refractivity contribution in [1.29, 1.82) is 0 Å². The van der Waals surface area contributed by atoms with Crippen molar-refractivity contribution in [1.82, 2.24) is 4.72 Å². The third-order valence-corrected chi connectivity index (χ3v) is 6.37. The lowest BCUT2D eigenvalue weighted by Crippen LogP contribution is -2.31. The van der Waals surface area contributed by atoms with Gasteiger partial charge in [-0.25, -0.2) is 17.5 Å². The normalized spacial score (nSPS) is 23.2. The summed E-state index contributed by atoms with van der Waals surface area (Å²) in [4.78, 5) is -0.0227. The molecular weight excluding hydrogens is 357 g/mol. The first-order valence-electron chi connectivity index (χ1n) is 7.37. The predicted molar refractivity (Wildman–Crippen MR) is 85.0 cm³/mol. The van der Waals surface area contributed by atoms with Crippen LogP contribution in [0.4, 0.5) is 4.39 Å². The topological polar surface area (TPSA) is 46.2 Å². The highest BCUT2D eigenvalue weighted by Gasteiger charge is 2.22. The summed E-state index contributed by atoms with van der Waals surface area (Å²) >= 11 is 3.02. The van der Waals surface area contributed by atoms with Crippen LogP contribution in [0.3, 0.4) is 0 Å². The molecular formula is C15H21BrFNO2S. The summed E-state index contributed by atoms with van der Waals surface area (Å²) in [5.74, 6) is 0.614. The van der Waals surface area contributed by atoms with Crippen LogP contribution in [0, 0.1) is 17.7 Å². The van der Waals surface area contributed by atoms with Gasteiger partial charge in [-0.3, -0.25) is 0 Å². The quantitative estimate of drug-likeness (QED) is 0.839. The van der Waals surface area contributed by atoms with Gasteiger partial charge in [0.25, 0.3) is 0 Å². The van der Waals surface area contributed by atoms with E-state index in [9.17, 15) is 12.8 Å². The fourth-order valence-electron chi connectivity index (χ4n) is 2.80. The van der Waals surface area contributed by atoms with Crippen LogP contribution in [0.25, 0.3) is 0 Å². The lowest BCUT2D eigenvalue weighted by Gasteiger charge is -2.27. The Morgan fingerprint density at radius 1 is 1.24 bits per heavy atom. The zero-order chi connectivity index (χ0) is 15.5. The molecule has 0 spiro atoms. The standard InChI is InChI=1S/C15H21BrFNO2S/c1-2-11-3-5-12(6-4-11)10-18-21(19,20)13-7-8-14(16)15(17)9-13/h7-9,11-12,18H,2-6,10H2,1H3. The molecule has 1 aromatic rings. The van der Waals surface area contributed by atoms with E-state index in [1.807, 2.05) is 0 Å². The summed E-state index contributed by atoms with van der Waals surface area (Å²) in [6.45, 7) is 2.65. The molecule has 1 saturated carbocycles. The second-order valence-electron chi connectivity index (χ2n) is 5.72. The largest absolute Gasteiger partial charge is 0.240 e. The molecule has 0 radical (unpaired) electrons. The fraction of sp³-hybridized carbons (Fsp3) is 0.600. The van der Waals surface area contributed by atoms with Gasteiger partial charge in [-0.2, -0.15) is 0 Å². The van der Waals surface area contributed by atoms with E-state index >= 15 is 0 Å². The van der Waals surface area contributed by atoms with Crippen molar-refractivity contribution in [2.45, 2.75) is 43.9 Å². The fourth-order valence-corrected chi connectivity index (χ4v) is 4.17. The molecule has 0 aromatic heterocycles. The molecule has 3 nitrogen and oxygen atoms in total. The van der Waals surface area contributed by atoms with Crippen molar-refractivity contribution in [3.63, 3.8) is 0 Å². The molecule has 0 aliphatic heterocycles. The second kappa shape index (κ2) is 7.20. The van der Waals surface area contributed by atoms with Crippen LogP contribution in [0.2, 0.25) is 0 Å². The van der Waals surface area contributed by atoms with Gasteiger partial charge >= 0.3 is 0 Å². The molecule has 1 aliphatic rings. The molecule has 6 heteroatoms. The van der Waals surface area contributed by atoms with Crippen LogP contribution in [-0.4, -0.2) is 15.0 Å². The minimum Gasteiger partial charge on any atom is -0.211 e. The van der Waals surface area contributed by atoms with Gasteiger partial charge in [0.2, 0.25) is 10.0 Å². The van der Waals surface area contributed by atoms with Crippen LogP contribution in [0.15, 0.2) is 27.6 Å². The van der Waals surface area contributed by atoms with Crippen molar-refractivity contribution in [3.05, 3.63) is 28.5 Å². The number of hydrogen-bond acceptors (Lipinski definition) is 2. The maximum atomic E-state index is 13.4. The first kappa shape index (κ1) is 16.9. The molecule has 0 amide bonds. The Morgan fingerprint density at radius 3 is 2.43 bits per heavy atom. The smallest absolute Gasteiger partial charge is 0.211 e. The molecule has 0 saturated heterocycles. The number of halogens is 2. The van der Waals surface area contributed by atoms with Gasteiger partial charge in [0.15, 0.2) is 0 Å². The van der Waals surface area contributed by atoms with E-state index in [0.717, 1.165) is 24.8 Å². The molecule has 1 aromatic carbocycles. The van der Waals surface area contributed by atoms with Gasteiger partial charge in [0.05, 0.1) is 9.37 Å². The van der Waals surface area contributed by atoms with Gasteiger partial charge in [-0.05, 0) is 58.8 Å². The first-order valence-corrected chi connectivity index (χ1v) is 9.64. The Bertz CT molecular complexity index is 583. The van der Waals surface area contributed by atoms with Gasteiger partial charge in [-0.1, -0.05) is 26.2 Å². The Kier molecular flexibility index (Phi) is 5.80. The number of rotatable bonds is 5. The number of sulfonamides is 1. The SMILES string of the molecule is CCC1CCC(CNS(=O)(=O)c2ccc(Br)c(F)c2)CC1. The van der Waals surface area contributed by atoms with E-state index in [1.54, 1.807) is 0 Å². The highest BCUT2D eigenvalue weighted by atomic mass is 79.9. The number of hydrogen-bond donors (Lipinski definition) is 1. The maximum Gasteiger partial charge on any atom is 0.240 e. The summed E-state index contributed by atoms with van der Waals surface area (Å²) in [7, 11) is -3.63. The Balaban J connectivity index is 1.94. The lowest BCUT2D eigenvalue weighted by atomic mass is 9.81. The van der Waals surface area contributed by atoms with Crippen molar-refractivity contribution in [2.24, 2.45) is 11.8 Å². The lowest BCUT2D eigenvalue weighted by molar-refractivity contribution is 0.270. The summed E-state index contributed by atoms with van der Waals surface area (Å²) in [5.41, 5.74) is 0. The van der Waals surface area contributed by atoms with Gasteiger partial charge in [-0.15, -0.1) is 0 Å². The molecule has 1 aliphatic carbocycles. The third-order valence-electron chi connectivity index (χ3n) is 4.31. The van der Waals surface area contributed by atoms with Gasteiger partial charge in [0.1, 0.15) is 5.82 Å². The zero-order valence-corrected chi connectivity index (χ0v) is 14.5. The second-order valence-corrected chi connectivity index (χ2v) is 8.34. The molecule has 2 rings (SSSR count). The van der Waals surface area contributed by atoms with Crippen LogP contribution in [0.5, 0.6) is 0 Å². The van der Waals surface area contributed by atoms with Crippen LogP contribution < -0.4 is 4.72 Å². The van der Waals surface area contributed by atoms with Gasteiger partial charge < -0.3 is 0 Å². The van der Waals surface area contributed by atoms with Crippen molar-refractivity contribution in [2.75, 3.05) is 6.54 Å². The van der Waals surface area contributed by atoms with Crippen molar-refractivity contribution in [3.8, 4) is 0 Å². The summed E-state index contributed by atoms with van der Waals surface area (Å²) in [6.07, 6.45) is 5.69. The van der Waals surface area contributed by atoms with Crippen LogP contribution >= 0.6 is 15.9 Å². The summed E-state index contributed by atoms with van der Waals surface area (Å²) < 4.78 is 40.7. The van der Waals surface area contributed by atoms with Gasteiger partial charge in [0, 0.05) is 6.54 Å². The van der Waals surface area contributed by atoms with E-state index in [4.69, 9.17) is 0 Å². The minimum absolute atomic E-state index is 0.0227. The maximum absolute atomic E-state index is 13.4. The first-order chi connectivity index (χ1) is 9.92. The third kappa shape index (κ3) is 4.50. The molecule has 0 heterocycles. The summed E-state index contributed by atoms with van der Waals surface area (Å²) in [6, 6.07) is 3.86. The Hall–Kier alpha value is -0.460. The highest BCUT2D eigenvalue weighted by Crippen LogP contribution is 2.30. The van der Waals surface area contributed by atoms with Crippen molar-refractivity contribution < 1.29 is 12.8 Å². The monoisotopic (exact) mass is 377 g/mol.